The van der Waals surface area contributed by atoms with Gasteiger partial charge in [-0.3, -0.25) is 4.98 Å². The lowest BCUT2D eigenvalue weighted by Gasteiger charge is -2.25. The number of nitrogens with zero attached hydrogens (tertiary/aromatic N) is 2. The number of fused-ring (bicyclic) bond motifs is 3. The van der Waals surface area contributed by atoms with Gasteiger partial charge < -0.3 is 0 Å². The highest BCUT2D eigenvalue weighted by Gasteiger charge is 2.36. The van der Waals surface area contributed by atoms with Gasteiger partial charge >= 0.3 is 0 Å². The minimum absolute atomic E-state index is 0.00724. The van der Waals surface area contributed by atoms with Crippen LogP contribution in [0.5, 0.6) is 0 Å². The number of benzene rings is 2. The lowest BCUT2D eigenvalue weighted by Crippen LogP contribution is -2.18. The van der Waals surface area contributed by atoms with Gasteiger partial charge in [-0.2, -0.15) is 0 Å². The Balaban J connectivity index is 1.85. The molecule has 3 aromatic rings. The maximum atomic E-state index is 5.02. The number of aryl methyl sites for hydroxylation is 2. The van der Waals surface area contributed by atoms with Crippen molar-refractivity contribution in [3.63, 3.8) is 0 Å². The second-order valence-electron chi connectivity index (χ2n) is 11.7. The summed E-state index contributed by atoms with van der Waals surface area (Å²) < 4.78 is 0. The molecule has 0 radical (unpaired) electrons. The fraction of sp³-hybridized carbons (Fsp3) is 0.448. The highest BCUT2D eigenvalue weighted by atomic mass is 14.9. The smallest absolute Gasteiger partial charge is 0.0917 e. The molecule has 2 aromatic carbocycles. The van der Waals surface area contributed by atoms with E-state index in [1.807, 2.05) is 0 Å². The molecule has 2 heteroatoms. The van der Waals surface area contributed by atoms with E-state index in [0.717, 1.165) is 28.3 Å². The van der Waals surface area contributed by atoms with Gasteiger partial charge in [0.1, 0.15) is 0 Å². The van der Waals surface area contributed by atoms with E-state index in [2.05, 4.69) is 106 Å². The first-order valence-corrected chi connectivity index (χ1v) is 11.4. The van der Waals surface area contributed by atoms with Crippen LogP contribution in [0.25, 0.3) is 22.4 Å². The maximum absolute atomic E-state index is 5.02. The predicted molar refractivity (Wildman–Crippen MR) is 132 cm³/mol. The zero-order valence-electron chi connectivity index (χ0n) is 20.9. The van der Waals surface area contributed by atoms with Crippen molar-refractivity contribution < 1.29 is 0 Å². The average Bonchev–Trinajstić information content (AvgIpc) is 2.88. The Morgan fingerprint density at radius 2 is 1.26 bits per heavy atom. The van der Waals surface area contributed by atoms with Gasteiger partial charge in [0.05, 0.1) is 22.8 Å². The molecule has 0 atom stereocenters. The molecule has 0 N–H and O–H groups in total. The quantitative estimate of drug-likeness (QED) is 0.410. The second kappa shape index (κ2) is 6.76. The van der Waals surface area contributed by atoms with E-state index in [1.54, 1.807) is 0 Å². The molecule has 4 rings (SSSR count). The first-order chi connectivity index (χ1) is 14.2. The second-order valence-corrected chi connectivity index (χ2v) is 11.7. The van der Waals surface area contributed by atoms with Crippen LogP contribution in [0.2, 0.25) is 0 Å². The predicted octanol–water partition coefficient (Wildman–Crippen LogP) is 7.66. The molecule has 0 bridgehead atoms. The summed E-state index contributed by atoms with van der Waals surface area (Å²) in [5, 5.41) is 0. The third-order valence-corrected chi connectivity index (χ3v) is 6.77. The fourth-order valence-electron chi connectivity index (χ4n) is 4.94. The molecule has 1 aliphatic rings. The number of rotatable bonds is 1. The monoisotopic (exact) mass is 412 g/mol. The molecule has 0 unspecified atom stereocenters. The van der Waals surface area contributed by atoms with Gasteiger partial charge in [0, 0.05) is 16.4 Å². The molecule has 1 aromatic heterocycles. The number of hydrogen-bond acceptors (Lipinski definition) is 2. The Morgan fingerprint density at radius 3 is 1.84 bits per heavy atom. The summed E-state index contributed by atoms with van der Waals surface area (Å²) in [5.74, 6) is 0. The van der Waals surface area contributed by atoms with E-state index in [4.69, 9.17) is 9.97 Å². The molecule has 0 aliphatic heterocycles. The maximum Gasteiger partial charge on any atom is 0.0917 e. The van der Waals surface area contributed by atoms with Crippen LogP contribution in [-0.4, -0.2) is 9.97 Å². The zero-order chi connectivity index (χ0) is 22.9. The Hall–Kier alpha value is -2.48. The first-order valence-electron chi connectivity index (χ1n) is 11.4. The van der Waals surface area contributed by atoms with Crippen molar-refractivity contribution in [2.75, 3.05) is 0 Å². The molecule has 0 spiro atoms. The van der Waals surface area contributed by atoms with Crippen LogP contribution < -0.4 is 0 Å². The van der Waals surface area contributed by atoms with E-state index in [1.165, 1.54) is 27.8 Å². The first kappa shape index (κ1) is 21.7. The summed E-state index contributed by atoms with van der Waals surface area (Å²) >= 11 is 0. The van der Waals surface area contributed by atoms with Gasteiger partial charge in [-0.05, 0) is 53.1 Å². The van der Waals surface area contributed by atoms with Crippen molar-refractivity contribution in [1.82, 2.24) is 9.97 Å². The minimum Gasteiger partial charge on any atom is -0.253 e. The average molecular weight is 413 g/mol. The van der Waals surface area contributed by atoms with Crippen LogP contribution in [0.15, 0.2) is 36.4 Å². The standard InChI is InChI=1S/C29H36N2/c1-17-25(30-18(2)26(31-17)28(6,7)8)19-11-13-21-22-14-12-20(27(3,4)5)16-24(22)29(9,10)23(21)15-19/h11-16H,1-10H3. The molecule has 31 heavy (non-hydrogen) atoms. The van der Waals surface area contributed by atoms with Crippen molar-refractivity contribution >= 4 is 0 Å². The molecular weight excluding hydrogens is 376 g/mol. The number of hydrogen-bond donors (Lipinski definition) is 0. The van der Waals surface area contributed by atoms with Crippen LogP contribution in [0, 0.1) is 13.8 Å². The van der Waals surface area contributed by atoms with E-state index in [0.29, 0.717) is 0 Å². The van der Waals surface area contributed by atoms with E-state index in [9.17, 15) is 0 Å². The molecule has 1 heterocycles. The van der Waals surface area contributed by atoms with Crippen molar-refractivity contribution in [2.24, 2.45) is 0 Å². The summed E-state index contributed by atoms with van der Waals surface area (Å²) in [6, 6.07) is 13.9. The Labute approximate surface area is 188 Å². The third-order valence-electron chi connectivity index (χ3n) is 6.77. The van der Waals surface area contributed by atoms with E-state index < -0.39 is 0 Å². The van der Waals surface area contributed by atoms with Crippen molar-refractivity contribution in [3.8, 4) is 22.4 Å². The van der Waals surface area contributed by atoms with Crippen molar-refractivity contribution in [3.05, 3.63) is 70.2 Å². The van der Waals surface area contributed by atoms with Gasteiger partial charge in [-0.15, -0.1) is 0 Å². The third kappa shape index (κ3) is 3.50. The molecule has 0 saturated heterocycles. The lowest BCUT2D eigenvalue weighted by molar-refractivity contribution is 0.558. The number of aromatic nitrogens is 2. The summed E-state index contributed by atoms with van der Waals surface area (Å²) in [5.41, 5.74) is 12.3. The molecule has 0 saturated carbocycles. The van der Waals surface area contributed by atoms with Crippen LogP contribution in [-0.2, 0) is 16.2 Å². The van der Waals surface area contributed by atoms with Gasteiger partial charge in [-0.25, -0.2) is 4.98 Å². The van der Waals surface area contributed by atoms with Gasteiger partial charge in [0.25, 0.3) is 0 Å². The van der Waals surface area contributed by atoms with Crippen LogP contribution in [0.4, 0.5) is 0 Å². The Bertz CT molecular complexity index is 1180. The van der Waals surface area contributed by atoms with Crippen LogP contribution in [0.3, 0.4) is 0 Å². The molecule has 0 amide bonds. The largest absolute Gasteiger partial charge is 0.253 e. The molecular formula is C29H36N2. The van der Waals surface area contributed by atoms with Crippen LogP contribution in [0.1, 0.15) is 89.2 Å². The highest BCUT2D eigenvalue weighted by molar-refractivity contribution is 5.83. The summed E-state index contributed by atoms with van der Waals surface area (Å²) in [6.45, 7) is 22.3. The molecule has 0 fully saturated rings. The Morgan fingerprint density at radius 1 is 0.677 bits per heavy atom. The van der Waals surface area contributed by atoms with Crippen LogP contribution >= 0.6 is 0 Å². The van der Waals surface area contributed by atoms with Gasteiger partial charge in [0.15, 0.2) is 0 Å². The minimum atomic E-state index is -0.0380. The van der Waals surface area contributed by atoms with Crippen molar-refractivity contribution in [2.45, 2.75) is 85.5 Å². The normalized spacial score (nSPS) is 15.0. The lowest BCUT2D eigenvalue weighted by atomic mass is 9.78. The SMILES string of the molecule is Cc1nc(C(C)(C)C)c(C)nc1-c1ccc2c(c1)C(C)(C)c1cc(C(C)(C)C)ccc1-2. The van der Waals surface area contributed by atoms with E-state index in [-0.39, 0.29) is 16.2 Å². The summed E-state index contributed by atoms with van der Waals surface area (Å²) in [6.07, 6.45) is 0. The topological polar surface area (TPSA) is 25.8 Å². The van der Waals surface area contributed by atoms with E-state index >= 15 is 0 Å². The van der Waals surface area contributed by atoms with Crippen molar-refractivity contribution in [1.29, 1.82) is 0 Å². The molecule has 2 nitrogen and oxygen atoms in total. The molecule has 1 aliphatic carbocycles. The van der Waals surface area contributed by atoms with Gasteiger partial charge in [-0.1, -0.05) is 85.7 Å². The summed E-state index contributed by atoms with van der Waals surface area (Å²) in [7, 11) is 0. The summed E-state index contributed by atoms with van der Waals surface area (Å²) in [4.78, 5) is 9.98. The highest BCUT2D eigenvalue weighted by Crippen LogP contribution is 2.50. The van der Waals surface area contributed by atoms with Gasteiger partial charge in [0.2, 0.25) is 0 Å². The fourth-order valence-corrected chi connectivity index (χ4v) is 4.94. The molecule has 162 valence electrons. The zero-order valence-corrected chi connectivity index (χ0v) is 20.9. The Kier molecular flexibility index (Phi) is 4.74.